The van der Waals surface area contributed by atoms with Gasteiger partial charge in [-0.2, -0.15) is 0 Å². The van der Waals surface area contributed by atoms with Gasteiger partial charge in [-0.25, -0.2) is 15.0 Å². The van der Waals surface area contributed by atoms with Crippen molar-refractivity contribution in [3.63, 3.8) is 0 Å². The van der Waals surface area contributed by atoms with Gasteiger partial charge >= 0.3 is 0 Å². The molecule has 22 heteroatoms. The molecule has 302 valence electrons. The Bertz CT molecular complexity index is 2510. The zero-order valence-corrected chi connectivity index (χ0v) is 31.9. The van der Waals surface area contributed by atoms with Crippen molar-refractivity contribution in [2.45, 2.75) is 46.4 Å². The summed E-state index contributed by atoms with van der Waals surface area (Å²) in [6.45, 7) is 9.11. The number of allylic oxidation sites excluding steroid dienone is 2. The topological polar surface area (TPSA) is 276 Å². The molecule has 6 heterocycles. The number of nitrogens with zero attached hydrogens (tertiary/aromatic N) is 12. The molecule has 1 saturated heterocycles. The first-order valence-electron chi connectivity index (χ1n) is 18.6. The average molecular weight is 795 g/mol. The summed E-state index contributed by atoms with van der Waals surface area (Å²) in [6, 6.07) is 4.60. The van der Waals surface area contributed by atoms with Gasteiger partial charge in [-0.3, -0.25) is 39.3 Å². The highest BCUT2D eigenvalue weighted by Crippen LogP contribution is 2.31. The van der Waals surface area contributed by atoms with Crippen LogP contribution in [-0.4, -0.2) is 122 Å². The van der Waals surface area contributed by atoms with Crippen LogP contribution in [0.4, 0.5) is 11.9 Å². The molecular formula is C36H42N16O6. The minimum Gasteiger partial charge on any atom is -0.491 e. The van der Waals surface area contributed by atoms with Gasteiger partial charge in [-0.15, -0.1) is 20.4 Å². The molecule has 1 aliphatic rings. The molecule has 6 aromatic rings. The lowest BCUT2D eigenvalue weighted by Gasteiger charge is -2.26. The third kappa shape index (κ3) is 8.36. The van der Waals surface area contributed by atoms with E-state index in [1.807, 2.05) is 19.9 Å². The van der Waals surface area contributed by atoms with Crippen LogP contribution in [0, 0.1) is 0 Å². The van der Waals surface area contributed by atoms with Crippen LogP contribution in [-0.2, 0) is 30.9 Å². The highest BCUT2D eigenvalue weighted by Gasteiger charge is 2.23. The average Bonchev–Trinajstić information content (AvgIpc) is 4.03. The second-order valence-corrected chi connectivity index (χ2v) is 13.1. The van der Waals surface area contributed by atoms with Crippen molar-refractivity contribution in [3.05, 3.63) is 72.0 Å². The van der Waals surface area contributed by atoms with Crippen molar-refractivity contribution < 1.29 is 28.7 Å². The summed E-state index contributed by atoms with van der Waals surface area (Å²) in [5.41, 5.74) is 13.1. The van der Waals surface area contributed by atoms with Gasteiger partial charge in [0.2, 0.25) is 35.4 Å². The summed E-state index contributed by atoms with van der Waals surface area (Å²) in [7, 11) is 0. The van der Waals surface area contributed by atoms with Crippen LogP contribution >= 0.6 is 0 Å². The Morgan fingerprint density at radius 3 is 2.02 bits per heavy atom. The molecule has 1 aliphatic heterocycles. The van der Waals surface area contributed by atoms with Gasteiger partial charge in [-0.05, 0) is 38.5 Å². The molecule has 0 unspecified atom stereocenters. The van der Waals surface area contributed by atoms with E-state index < -0.39 is 23.6 Å². The molecule has 1 fully saturated rings. The number of hydrogen-bond donors (Lipinski definition) is 4. The number of nitrogens with two attached hydrogens (primary N) is 2. The number of primary amides is 2. The summed E-state index contributed by atoms with van der Waals surface area (Å²) >= 11 is 0. The Morgan fingerprint density at radius 1 is 0.810 bits per heavy atom. The number of rotatable bonds is 17. The maximum atomic E-state index is 13.5. The fourth-order valence-corrected chi connectivity index (χ4v) is 6.46. The molecule has 5 aromatic heterocycles. The monoisotopic (exact) mass is 794 g/mol. The first-order valence-corrected chi connectivity index (χ1v) is 18.6. The number of imidazole rings is 2. The molecular weight excluding hydrogens is 753 g/mol. The number of carbonyl (C=O) groups excluding carboxylic acids is 4. The Kier molecular flexibility index (Phi) is 11.7. The Hall–Kier alpha value is -7.07. The number of ether oxygens (including phenoxy) is 2. The smallest absolute Gasteiger partial charge is 0.295 e. The largest absolute Gasteiger partial charge is 0.491 e. The highest BCUT2D eigenvalue weighted by atomic mass is 16.5. The van der Waals surface area contributed by atoms with Crippen LogP contribution in [0.25, 0.3) is 22.2 Å². The van der Waals surface area contributed by atoms with E-state index in [1.54, 1.807) is 36.5 Å². The first kappa shape index (κ1) is 39.2. The van der Waals surface area contributed by atoms with Crippen molar-refractivity contribution in [2.75, 3.05) is 50.1 Å². The SMILES string of the molecule is CCn1cnnc1C(=O)Nc1nc2cc(C(N)=O)cnc2n1C/C=C/Cn1c(NC(=O)c2nncn2CC)nc2cc(C(N)=O)cc(OCCCN3CCOCC3)c21. The number of amides is 4. The zero-order valence-electron chi connectivity index (χ0n) is 31.9. The maximum absolute atomic E-state index is 13.5. The zero-order chi connectivity index (χ0) is 40.8. The van der Waals surface area contributed by atoms with Gasteiger partial charge in [0.25, 0.3) is 11.8 Å². The van der Waals surface area contributed by atoms with Gasteiger partial charge in [0.05, 0.1) is 30.9 Å². The molecule has 0 aliphatic carbocycles. The fourth-order valence-electron chi connectivity index (χ4n) is 6.46. The van der Waals surface area contributed by atoms with Crippen molar-refractivity contribution in [1.82, 2.24) is 58.5 Å². The summed E-state index contributed by atoms with van der Waals surface area (Å²) in [5, 5.41) is 21.3. The van der Waals surface area contributed by atoms with E-state index in [0.717, 1.165) is 19.6 Å². The van der Waals surface area contributed by atoms with Crippen molar-refractivity contribution in [1.29, 1.82) is 0 Å². The predicted molar refractivity (Wildman–Crippen MR) is 208 cm³/mol. The quantitative estimate of drug-likeness (QED) is 0.0743. The molecule has 58 heavy (non-hydrogen) atoms. The van der Waals surface area contributed by atoms with E-state index in [9.17, 15) is 19.2 Å². The molecule has 0 atom stereocenters. The van der Waals surface area contributed by atoms with Crippen LogP contribution in [0.3, 0.4) is 0 Å². The summed E-state index contributed by atoms with van der Waals surface area (Å²) in [4.78, 5) is 67.1. The lowest BCUT2D eigenvalue weighted by molar-refractivity contribution is 0.0358. The minimum absolute atomic E-state index is 0.0831. The molecule has 1 aromatic carbocycles. The lowest BCUT2D eigenvalue weighted by Crippen LogP contribution is -2.37. The lowest BCUT2D eigenvalue weighted by atomic mass is 10.1. The molecule has 6 N–H and O–H groups in total. The van der Waals surface area contributed by atoms with E-state index in [1.165, 1.54) is 24.9 Å². The van der Waals surface area contributed by atoms with Crippen molar-refractivity contribution >= 4 is 57.7 Å². The minimum atomic E-state index is -0.681. The summed E-state index contributed by atoms with van der Waals surface area (Å²) < 4.78 is 18.3. The Balaban J connectivity index is 1.21. The summed E-state index contributed by atoms with van der Waals surface area (Å²) in [5.74, 6) is -1.64. The number of carbonyl (C=O) groups is 4. The molecule has 7 rings (SSSR count). The normalized spacial score (nSPS) is 13.4. The molecule has 0 saturated carbocycles. The van der Waals surface area contributed by atoms with Crippen molar-refractivity contribution in [2.24, 2.45) is 11.5 Å². The maximum Gasteiger partial charge on any atom is 0.295 e. The van der Waals surface area contributed by atoms with Crippen LogP contribution in [0.1, 0.15) is 62.2 Å². The number of fused-ring (bicyclic) bond motifs is 2. The number of aromatic nitrogens is 11. The van der Waals surface area contributed by atoms with Gasteiger partial charge in [0.15, 0.2) is 5.65 Å². The van der Waals surface area contributed by atoms with Crippen molar-refractivity contribution in [3.8, 4) is 5.75 Å². The van der Waals surface area contributed by atoms with Crippen LogP contribution < -0.4 is 26.8 Å². The molecule has 22 nitrogen and oxygen atoms in total. The van der Waals surface area contributed by atoms with E-state index in [-0.39, 0.29) is 47.8 Å². The van der Waals surface area contributed by atoms with Crippen LogP contribution in [0.15, 0.2) is 49.2 Å². The highest BCUT2D eigenvalue weighted by molar-refractivity contribution is 6.04. The molecule has 4 amide bonds. The van der Waals surface area contributed by atoms with Crippen LogP contribution in [0.2, 0.25) is 0 Å². The second kappa shape index (κ2) is 17.4. The fraction of sp³-hybridized carbons (Fsp3) is 0.361. The van der Waals surface area contributed by atoms with E-state index in [4.69, 9.17) is 25.9 Å². The van der Waals surface area contributed by atoms with E-state index in [0.29, 0.717) is 67.3 Å². The number of aryl methyl sites for hydroxylation is 2. The molecule has 0 radical (unpaired) electrons. The van der Waals surface area contributed by atoms with Gasteiger partial charge in [0.1, 0.15) is 29.4 Å². The third-order valence-corrected chi connectivity index (χ3v) is 9.45. The Labute approximate surface area is 330 Å². The second-order valence-electron chi connectivity index (χ2n) is 13.1. The molecule has 0 bridgehead atoms. The first-order chi connectivity index (χ1) is 28.1. The number of hydrogen-bond acceptors (Lipinski definition) is 14. The number of morpholine rings is 1. The predicted octanol–water partition coefficient (Wildman–Crippen LogP) is 1.06. The van der Waals surface area contributed by atoms with Crippen LogP contribution in [0.5, 0.6) is 5.75 Å². The number of anilines is 2. The number of benzene rings is 1. The standard InChI is InChI=1S/C36H42N16O6/c1-3-49-20-40-46-31(49)33(55)44-35-42-24-16-22(28(37)53)18-26(58-13-7-8-48-11-14-57-15-12-48)27(24)51(35)9-5-6-10-52-30-25(17-23(19-39-30)29(38)54)43-36(52)45-34(56)32-47-41-21-50(32)4-2/h5-6,16-21H,3-4,7-15H2,1-2H3,(H2,37,53)(H2,38,54)(H,42,44,55)(H,43,45,56)/b6-5+. The molecule has 0 spiro atoms. The number of pyridine rings is 1. The number of nitrogens with one attached hydrogen (secondary N) is 2. The van der Waals surface area contributed by atoms with E-state index >= 15 is 0 Å². The van der Waals surface area contributed by atoms with Gasteiger partial charge in [0, 0.05) is 57.6 Å². The van der Waals surface area contributed by atoms with E-state index in [2.05, 4.69) is 45.9 Å². The Morgan fingerprint density at radius 2 is 1.40 bits per heavy atom. The van der Waals surface area contributed by atoms with Gasteiger partial charge in [-0.1, -0.05) is 12.2 Å². The third-order valence-electron chi connectivity index (χ3n) is 9.45. The van der Waals surface area contributed by atoms with Gasteiger partial charge < -0.3 is 34.6 Å². The summed E-state index contributed by atoms with van der Waals surface area (Å²) in [6.07, 6.45) is 8.57.